The molecule has 0 fully saturated rings. The summed E-state index contributed by atoms with van der Waals surface area (Å²) in [6.07, 6.45) is 0.909. The second kappa shape index (κ2) is 6.92. The zero-order valence-electron chi connectivity index (χ0n) is 11.8. The van der Waals surface area contributed by atoms with Crippen molar-refractivity contribution in [2.45, 2.75) is 19.9 Å². The number of rotatable bonds is 6. The van der Waals surface area contributed by atoms with E-state index >= 15 is 0 Å². The van der Waals surface area contributed by atoms with Crippen LogP contribution in [-0.2, 0) is 6.54 Å². The van der Waals surface area contributed by atoms with E-state index in [9.17, 15) is 8.78 Å². The minimum absolute atomic E-state index is 0.369. The molecule has 2 aromatic carbocycles. The third-order valence-electron chi connectivity index (χ3n) is 2.88. The van der Waals surface area contributed by atoms with Gasteiger partial charge in [0, 0.05) is 30.1 Å². The zero-order valence-corrected chi connectivity index (χ0v) is 11.8. The van der Waals surface area contributed by atoms with Crippen LogP contribution >= 0.6 is 0 Å². The largest absolute Gasteiger partial charge is 0.493 e. The molecular formula is C16H18F2N2O. The van der Waals surface area contributed by atoms with Crippen molar-refractivity contribution in [1.82, 2.24) is 0 Å². The second-order valence-electron chi connectivity index (χ2n) is 4.74. The number of nitrogens with two attached hydrogens (primary N) is 1. The average molecular weight is 292 g/mol. The van der Waals surface area contributed by atoms with Crippen LogP contribution in [0.1, 0.15) is 18.9 Å². The van der Waals surface area contributed by atoms with E-state index in [1.54, 1.807) is 12.1 Å². The fourth-order valence-corrected chi connectivity index (χ4v) is 1.88. The summed E-state index contributed by atoms with van der Waals surface area (Å²) in [7, 11) is 0. The van der Waals surface area contributed by atoms with Gasteiger partial charge in [-0.15, -0.1) is 0 Å². The number of nitrogens with one attached hydrogen (secondary N) is 1. The quantitative estimate of drug-likeness (QED) is 0.793. The number of nitrogen functional groups attached to an aromatic ring is 1. The van der Waals surface area contributed by atoms with Gasteiger partial charge in [-0.2, -0.15) is 0 Å². The summed E-state index contributed by atoms with van der Waals surface area (Å²) in [5.41, 5.74) is 7.81. The maximum Gasteiger partial charge on any atom is 0.159 e. The molecule has 0 atom stereocenters. The lowest BCUT2D eigenvalue weighted by molar-refractivity contribution is 0.318. The third-order valence-corrected chi connectivity index (χ3v) is 2.88. The first-order chi connectivity index (χ1) is 10.1. The van der Waals surface area contributed by atoms with Crippen LogP contribution in [0.4, 0.5) is 20.2 Å². The van der Waals surface area contributed by atoms with Crippen LogP contribution in [-0.4, -0.2) is 6.61 Å². The van der Waals surface area contributed by atoms with Crippen molar-refractivity contribution >= 4 is 11.4 Å². The highest BCUT2D eigenvalue weighted by atomic mass is 19.2. The van der Waals surface area contributed by atoms with Crippen LogP contribution in [0.3, 0.4) is 0 Å². The fraction of sp³-hybridized carbons (Fsp3) is 0.250. The lowest BCUT2D eigenvalue weighted by atomic mass is 10.2. The van der Waals surface area contributed by atoms with E-state index in [0.29, 0.717) is 30.2 Å². The average Bonchev–Trinajstić information content (AvgIpc) is 2.46. The molecule has 3 nitrogen and oxygen atoms in total. The highest BCUT2D eigenvalue weighted by Crippen LogP contribution is 2.23. The highest BCUT2D eigenvalue weighted by Gasteiger charge is 2.04. The van der Waals surface area contributed by atoms with Crippen molar-refractivity contribution in [3.05, 3.63) is 53.6 Å². The highest BCUT2D eigenvalue weighted by molar-refractivity contribution is 5.59. The Morgan fingerprint density at radius 3 is 2.62 bits per heavy atom. The zero-order chi connectivity index (χ0) is 15.2. The van der Waals surface area contributed by atoms with Gasteiger partial charge < -0.3 is 15.8 Å². The monoisotopic (exact) mass is 292 g/mol. The molecule has 21 heavy (non-hydrogen) atoms. The van der Waals surface area contributed by atoms with Crippen LogP contribution in [0.2, 0.25) is 0 Å². The van der Waals surface area contributed by atoms with Crippen molar-refractivity contribution < 1.29 is 13.5 Å². The van der Waals surface area contributed by atoms with E-state index in [1.807, 2.05) is 13.0 Å². The van der Waals surface area contributed by atoms with E-state index in [-0.39, 0.29) is 0 Å². The van der Waals surface area contributed by atoms with Crippen molar-refractivity contribution in [1.29, 1.82) is 0 Å². The first kappa shape index (κ1) is 15.1. The summed E-state index contributed by atoms with van der Waals surface area (Å²) < 4.78 is 31.5. The van der Waals surface area contributed by atoms with E-state index in [4.69, 9.17) is 10.5 Å². The van der Waals surface area contributed by atoms with Gasteiger partial charge in [-0.3, -0.25) is 0 Å². The van der Waals surface area contributed by atoms with E-state index in [0.717, 1.165) is 18.2 Å². The van der Waals surface area contributed by atoms with E-state index in [1.165, 1.54) is 12.1 Å². The molecular weight excluding hydrogens is 274 g/mol. The molecule has 5 heteroatoms. The molecule has 0 aliphatic rings. The topological polar surface area (TPSA) is 47.3 Å². The number of ether oxygens (including phenoxy) is 1. The number of hydrogen-bond donors (Lipinski definition) is 2. The van der Waals surface area contributed by atoms with Gasteiger partial charge >= 0.3 is 0 Å². The summed E-state index contributed by atoms with van der Waals surface area (Å²) in [4.78, 5) is 0. The Balaban J connectivity index is 2.05. The van der Waals surface area contributed by atoms with Crippen molar-refractivity contribution in [3.63, 3.8) is 0 Å². The molecule has 0 aliphatic carbocycles. The van der Waals surface area contributed by atoms with Gasteiger partial charge in [0.05, 0.1) is 6.61 Å². The number of anilines is 2. The van der Waals surface area contributed by atoms with Gasteiger partial charge in [-0.05, 0) is 30.2 Å². The van der Waals surface area contributed by atoms with Gasteiger partial charge in [-0.25, -0.2) is 8.78 Å². The SMILES string of the molecule is CCCOc1cc(N)cc(NCc2ccc(F)c(F)c2)c1. The lowest BCUT2D eigenvalue weighted by Crippen LogP contribution is -2.02. The van der Waals surface area contributed by atoms with Crippen LogP contribution in [0.25, 0.3) is 0 Å². The number of hydrogen-bond acceptors (Lipinski definition) is 3. The van der Waals surface area contributed by atoms with Gasteiger partial charge in [0.15, 0.2) is 11.6 Å². The molecule has 0 aromatic heterocycles. The maximum absolute atomic E-state index is 13.1. The summed E-state index contributed by atoms with van der Waals surface area (Å²) in [6.45, 7) is 3.01. The maximum atomic E-state index is 13.1. The molecule has 0 aliphatic heterocycles. The molecule has 2 aromatic rings. The minimum atomic E-state index is -0.853. The Morgan fingerprint density at radius 1 is 1.10 bits per heavy atom. The summed E-state index contributed by atoms with van der Waals surface area (Å²) in [5, 5.41) is 3.12. The molecule has 0 unspecified atom stereocenters. The predicted octanol–water partition coefficient (Wildman–Crippen LogP) is 3.95. The molecule has 112 valence electrons. The Bertz CT molecular complexity index is 617. The van der Waals surface area contributed by atoms with E-state index in [2.05, 4.69) is 5.32 Å². The first-order valence-corrected chi connectivity index (χ1v) is 6.79. The van der Waals surface area contributed by atoms with Gasteiger partial charge in [-0.1, -0.05) is 13.0 Å². The van der Waals surface area contributed by atoms with E-state index < -0.39 is 11.6 Å². The smallest absolute Gasteiger partial charge is 0.159 e. The summed E-state index contributed by atoms with van der Waals surface area (Å²) >= 11 is 0. The molecule has 0 heterocycles. The van der Waals surface area contributed by atoms with Crippen molar-refractivity contribution in [3.8, 4) is 5.75 Å². The fourth-order valence-electron chi connectivity index (χ4n) is 1.88. The predicted molar refractivity (Wildman–Crippen MR) is 80.3 cm³/mol. The first-order valence-electron chi connectivity index (χ1n) is 6.79. The normalized spacial score (nSPS) is 10.4. The second-order valence-corrected chi connectivity index (χ2v) is 4.74. The van der Waals surface area contributed by atoms with Crippen molar-refractivity contribution in [2.75, 3.05) is 17.7 Å². The van der Waals surface area contributed by atoms with Crippen LogP contribution in [0.5, 0.6) is 5.75 Å². The van der Waals surface area contributed by atoms with Crippen LogP contribution < -0.4 is 15.8 Å². The summed E-state index contributed by atoms with van der Waals surface area (Å²) in [5.74, 6) is -1.02. The molecule has 0 spiro atoms. The Hall–Kier alpha value is -2.30. The molecule has 3 N–H and O–H groups in total. The van der Waals surface area contributed by atoms with Crippen molar-refractivity contribution in [2.24, 2.45) is 0 Å². The standard InChI is InChI=1S/C16H18F2N2O/c1-2-5-21-14-8-12(19)7-13(9-14)20-10-11-3-4-15(17)16(18)6-11/h3-4,6-9,20H,2,5,10,19H2,1H3. The van der Waals surface area contributed by atoms with Crippen LogP contribution in [0.15, 0.2) is 36.4 Å². The Kier molecular flexibility index (Phi) is 4.98. The number of benzene rings is 2. The Morgan fingerprint density at radius 2 is 1.90 bits per heavy atom. The minimum Gasteiger partial charge on any atom is -0.493 e. The molecule has 0 saturated carbocycles. The molecule has 0 amide bonds. The Labute approximate surface area is 122 Å². The lowest BCUT2D eigenvalue weighted by Gasteiger charge is -2.11. The van der Waals surface area contributed by atoms with Crippen LogP contribution in [0, 0.1) is 11.6 Å². The van der Waals surface area contributed by atoms with Gasteiger partial charge in [0.1, 0.15) is 5.75 Å². The van der Waals surface area contributed by atoms with Gasteiger partial charge in [0.2, 0.25) is 0 Å². The molecule has 0 bridgehead atoms. The molecule has 2 rings (SSSR count). The molecule has 0 saturated heterocycles. The summed E-state index contributed by atoms with van der Waals surface area (Å²) in [6, 6.07) is 9.15. The molecule has 0 radical (unpaired) electrons. The third kappa shape index (κ3) is 4.34. The number of halogens is 2. The van der Waals surface area contributed by atoms with Gasteiger partial charge in [0.25, 0.3) is 0 Å².